The zero-order valence-electron chi connectivity index (χ0n) is 12.0. The maximum absolute atomic E-state index is 10.9. The number of aromatic nitrogens is 1. The van der Waals surface area contributed by atoms with Gasteiger partial charge in [-0.3, -0.25) is 10.1 Å². The first kappa shape index (κ1) is 15.9. The van der Waals surface area contributed by atoms with Crippen LogP contribution >= 0.6 is 22.9 Å². The number of hydrogen-bond acceptors (Lipinski definition) is 5. The molecule has 0 spiro atoms. The van der Waals surface area contributed by atoms with Gasteiger partial charge in [-0.1, -0.05) is 17.7 Å². The molecule has 0 saturated heterocycles. The molecule has 1 aromatic carbocycles. The summed E-state index contributed by atoms with van der Waals surface area (Å²) in [6.45, 7) is 6.57. The van der Waals surface area contributed by atoms with Crippen LogP contribution in [0.25, 0.3) is 0 Å². The van der Waals surface area contributed by atoms with E-state index in [2.05, 4.69) is 17.2 Å². The minimum atomic E-state index is -0.466. The lowest BCUT2D eigenvalue weighted by Gasteiger charge is -2.13. The van der Waals surface area contributed by atoms with Crippen LogP contribution in [0, 0.1) is 24.0 Å². The Morgan fingerprint density at radius 1 is 1.48 bits per heavy atom. The lowest BCUT2D eigenvalue weighted by molar-refractivity contribution is -0.384. The lowest BCUT2D eigenvalue weighted by atomic mass is 10.1. The summed E-state index contributed by atoms with van der Waals surface area (Å²) in [6, 6.07) is 5.00. The average Bonchev–Trinajstić information content (AvgIpc) is 2.76. The van der Waals surface area contributed by atoms with Gasteiger partial charge in [0.05, 0.1) is 15.6 Å². The second-order valence-corrected chi connectivity index (χ2v) is 6.47. The lowest BCUT2D eigenvalue weighted by Crippen LogP contribution is -2.18. The van der Waals surface area contributed by atoms with E-state index in [1.54, 1.807) is 23.5 Å². The van der Waals surface area contributed by atoms with Gasteiger partial charge in [0.25, 0.3) is 5.69 Å². The van der Waals surface area contributed by atoms with Crippen LogP contribution < -0.4 is 5.32 Å². The number of nitro benzene ring substituents is 1. The molecule has 0 amide bonds. The summed E-state index contributed by atoms with van der Waals surface area (Å²) in [5.41, 5.74) is 1.80. The minimum absolute atomic E-state index is 0.0616. The summed E-state index contributed by atoms with van der Waals surface area (Å²) in [6.07, 6.45) is 0. The molecular weight excluding hydrogens is 310 g/mol. The van der Waals surface area contributed by atoms with Crippen molar-refractivity contribution in [2.24, 2.45) is 0 Å². The number of benzene rings is 1. The molecule has 1 unspecified atom stereocenters. The van der Waals surface area contributed by atoms with Gasteiger partial charge in [0.15, 0.2) is 0 Å². The second-order valence-electron chi connectivity index (χ2n) is 4.83. The molecule has 1 N–H and O–H groups in total. The molecule has 0 aliphatic heterocycles. The Labute approximate surface area is 132 Å². The predicted octanol–water partition coefficient (Wildman–Crippen LogP) is 4.17. The van der Waals surface area contributed by atoms with Crippen molar-refractivity contribution in [2.45, 2.75) is 33.4 Å². The predicted molar refractivity (Wildman–Crippen MR) is 84.9 cm³/mol. The van der Waals surface area contributed by atoms with Crippen LogP contribution in [0.1, 0.15) is 34.1 Å². The first-order chi connectivity index (χ1) is 9.88. The number of halogens is 1. The standard InChI is InChI=1S/C14H16ClN3O2S/c1-8(14-9(2)17-10(3)21-14)16-7-11-4-5-12(15)13(6-11)18(19)20/h4-6,8,16H,7H2,1-3H3. The summed E-state index contributed by atoms with van der Waals surface area (Å²) < 4.78 is 0. The number of thiazole rings is 1. The Balaban J connectivity index is 2.08. The molecular formula is C14H16ClN3O2S. The molecule has 0 bridgehead atoms. The van der Waals surface area contributed by atoms with Crippen LogP contribution in [0.3, 0.4) is 0 Å². The van der Waals surface area contributed by atoms with E-state index in [4.69, 9.17) is 11.6 Å². The fraction of sp³-hybridized carbons (Fsp3) is 0.357. The quantitative estimate of drug-likeness (QED) is 0.661. The molecule has 0 radical (unpaired) electrons. The van der Waals surface area contributed by atoms with Crippen LogP contribution in [0.15, 0.2) is 18.2 Å². The second kappa shape index (κ2) is 6.51. The van der Waals surface area contributed by atoms with Crippen LogP contribution in [0.4, 0.5) is 5.69 Å². The van der Waals surface area contributed by atoms with Crippen LogP contribution in [-0.2, 0) is 6.54 Å². The molecule has 1 aromatic heterocycles. The topological polar surface area (TPSA) is 68.1 Å². The minimum Gasteiger partial charge on any atom is -0.305 e. The molecule has 0 aliphatic carbocycles. The van der Waals surface area contributed by atoms with Crippen LogP contribution in [-0.4, -0.2) is 9.91 Å². The molecule has 1 atom stereocenters. The smallest absolute Gasteiger partial charge is 0.288 e. The maximum Gasteiger partial charge on any atom is 0.288 e. The van der Waals surface area contributed by atoms with E-state index in [-0.39, 0.29) is 16.8 Å². The zero-order chi connectivity index (χ0) is 15.6. The summed E-state index contributed by atoms with van der Waals surface area (Å²) in [5.74, 6) is 0. The third-order valence-corrected chi connectivity index (χ3v) is 4.73. The van der Waals surface area contributed by atoms with E-state index in [0.717, 1.165) is 16.3 Å². The number of nitrogens with one attached hydrogen (secondary N) is 1. The fourth-order valence-corrected chi connectivity index (χ4v) is 3.26. The molecule has 112 valence electrons. The molecule has 5 nitrogen and oxygen atoms in total. The van der Waals surface area contributed by atoms with Crippen LogP contribution in [0.2, 0.25) is 5.02 Å². The summed E-state index contributed by atoms with van der Waals surface area (Å²) in [4.78, 5) is 16.0. The highest BCUT2D eigenvalue weighted by Gasteiger charge is 2.15. The zero-order valence-corrected chi connectivity index (χ0v) is 13.6. The molecule has 2 rings (SSSR count). The van der Waals surface area contributed by atoms with E-state index in [0.29, 0.717) is 6.54 Å². The average molecular weight is 326 g/mol. The first-order valence-electron chi connectivity index (χ1n) is 6.48. The Bertz CT molecular complexity index is 672. The summed E-state index contributed by atoms with van der Waals surface area (Å²) >= 11 is 7.47. The van der Waals surface area contributed by atoms with Crippen molar-refractivity contribution in [3.8, 4) is 0 Å². The van der Waals surface area contributed by atoms with E-state index in [1.165, 1.54) is 10.9 Å². The van der Waals surface area contributed by atoms with Gasteiger partial charge in [0.2, 0.25) is 0 Å². The Morgan fingerprint density at radius 2 is 2.19 bits per heavy atom. The Hall–Kier alpha value is -1.50. The van der Waals surface area contributed by atoms with Gasteiger partial charge in [-0.15, -0.1) is 11.3 Å². The number of nitro groups is 1. The number of nitrogens with zero attached hydrogens (tertiary/aromatic N) is 2. The van der Waals surface area contributed by atoms with Gasteiger partial charge >= 0.3 is 0 Å². The van der Waals surface area contributed by atoms with Crippen molar-refractivity contribution in [2.75, 3.05) is 0 Å². The number of hydrogen-bond donors (Lipinski definition) is 1. The highest BCUT2D eigenvalue weighted by Crippen LogP contribution is 2.27. The normalized spacial score (nSPS) is 12.4. The van der Waals surface area contributed by atoms with Gasteiger partial charge in [-0.25, -0.2) is 4.98 Å². The van der Waals surface area contributed by atoms with Gasteiger partial charge in [0.1, 0.15) is 5.02 Å². The van der Waals surface area contributed by atoms with Gasteiger partial charge in [0, 0.05) is 23.5 Å². The molecule has 2 aromatic rings. The SMILES string of the molecule is Cc1nc(C)c(C(C)NCc2ccc(Cl)c([N+](=O)[O-])c2)s1. The van der Waals surface area contributed by atoms with E-state index < -0.39 is 4.92 Å². The van der Waals surface area contributed by atoms with Gasteiger partial charge in [-0.05, 0) is 32.4 Å². The van der Waals surface area contributed by atoms with E-state index in [1.807, 2.05) is 13.8 Å². The monoisotopic (exact) mass is 325 g/mol. The molecule has 0 aliphatic rings. The molecule has 0 saturated carbocycles. The van der Waals surface area contributed by atoms with Gasteiger partial charge in [-0.2, -0.15) is 0 Å². The van der Waals surface area contributed by atoms with E-state index in [9.17, 15) is 10.1 Å². The number of aryl methyl sites for hydroxylation is 2. The molecule has 21 heavy (non-hydrogen) atoms. The summed E-state index contributed by atoms with van der Waals surface area (Å²) in [5, 5.41) is 15.4. The van der Waals surface area contributed by atoms with Crippen molar-refractivity contribution in [3.05, 3.63) is 54.5 Å². The first-order valence-corrected chi connectivity index (χ1v) is 7.68. The van der Waals surface area contributed by atoms with Crippen molar-refractivity contribution in [1.82, 2.24) is 10.3 Å². The van der Waals surface area contributed by atoms with Crippen molar-refractivity contribution >= 4 is 28.6 Å². The maximum atomic E-state index is 10.9. The molecule has 1 heterocycles. The third-order valence-electron chi connectivity index (χ3n) is 3.15. The largest absolute Gasteiger partial charge is 0.305 e. The van der Waals surface area contributed by atoms with Crippen LogP contribution in [0.5, 0.6) is 0 Å². The third kappa shape index (κ3) is 3.78. The highest BCUT2D eigenvalue weighted by molar-refractivity contribution is 7.11. The van der Waals surface area contributed by atoms with Crippen molar-refractivity contribution in [1.29, 1.82) is 0 Å². The highest BCUT2D eigenvalue weighted by atomic mass is 35.5. The Morgan fingerprint density at radius 3 is 2.76 bits per heavy atom. The number of rotatable bonds is 5. The summed E-state index contributed by atoms with van der Waals surface area (Å²) in [7, 11) is 0. The molecule has 7 heteroatoms. The van der Waals surface area contributed by atoms with E-state index >= 15 is 0 Å². The fourth-order valence-electron chi connectivity index (χ4n) is 2.12. The Kier molecular flexibility index (Phi) is 4.92. The van der Waals surface area contributed by atoms with Gasteiger partial charge < -0.3 is 5.32 Å². The molecule has 0 fully saturated rings. The van der Waals surface area contributed by atoms with Crippen molar-refractivity contribution in [3.63, 3.8) is 0 Å². The van der Waals surface area contributed by atoms with Crippen molar-refractivity contribution < 1.29 is 4.92 Å².